The molecule has 25 heavy (non-hydrogen) atoms. The molecule has 1 aliphatic rings. The Balaban J connectivity index is 1.89. The van der Waals surface area contributed by atoms with Crippen LogP contribution in [0.5, 0.6) is 5.75 Å². The number of aromatic nitrogens is 1. The first kappa shape index (κ1) is 17.0. The van der Waals surface area contributed by atoms with Gasteiger partial charge in [0.1, 0.15) is 6.54 Å². The maximum Gasteiger partial charge on any atom is 0.274 e. The second-order valence-corrected chi connectivity index (χ2v) is 6.03. The molecule has 6 nitrogen and oxygen atoms in total. The maximum atomic E-state index is 13.0. The molecule has 1 aromatic carbocycles. The minimum absolute atomic E-state index is 0.0526. The highest BCUT2D eigenvalue weighted by atomic mass is 16.5. The lowest BCUT2D eigenvalue weighted by Crippen LogP contribution is -2.48. The molecule has 2 heterocycles. The Morgan fingerprint density at radius 3 is 2.76 bits per heavy atom. The van der Waals surface area contributed by atoms with E-state index in [4.69, 9.17) is 4.74 Å². The third-order valence-corrected chi connectivity index (χ3v) is 4.17. The Kier molecular flexibility index (Phi) is 4.97. The summed E-state index contributed by atoms with van der Waals surface area (Å²) in [5.74, 6) is 0.357. The average molecular weight is 339 g/mol. The molecule has 0 radical (unpaired) electrons. The molecule has 0 saturated heterocycles. The molecule has 1 aromatic heterocycles. The van der Waals surface area contributed by atoms with E-state index in [1.807, 2.05) is 44.2 Å². The zero-order valence-corrected chi connectivity index (χ0v) is 14.3. The van der Waals surface area contributed by atoms with Gasteiger partial charge in [-0.3, -0.25) is 14.5 Å². The number of nitrogens with zero attached hydrogens (tertiary/aromatic N) is 2. The number of pyridine rings is 1. The molecule has 1 aliphatic heterocycles. The van der Waals surface area contributed by atoms with E-state index < -0.39 is 6.10 Å². The number of amides is 2. The third kappa shape index (κ3) is 3.63. The third-order valence-electron chi connectivity index (χ3n) is 4.17. The molecule has 0 fully saturated rings. The van der Waals surface area contributed by atoms with Crippen molar-refractivity contribution in [3.8, 4) is 5.75 Å². The van der Waals surface area contributed by atoms with E-state index >= 15 is 0 Å². The van der Waals surface area contributed by atoms with Gasteiger partial charge >= 0.3 is 0 Å². The number of carbonyl (C=O) groups is 2. The zero-order valence-electron chi connectivity index (χ0n) is 14.3. The number of rotatable bonds is 5. The van der Waals surface area contributed by atoms with Crippen LogP contribution >= 0.6 is 0 Å². The zero-order chi connectivity index (χ0) is 17.8. The van der Waals surface area contributed by atoms with Gasteiger partial charge in [-0.2, -0.15) is 0 Å². The van der Waals surface area contributed by atoms with E-state index in [1.165, 1.54) is 4.90 Å². The summed E-state index contributed by atoms with van der Waals surface area (Å²) in [4.78, 5) is 30.9. The summed E-state index contributed by atoms with van der Waals surface area (Å²) >= 11 is 0. The molecule has 6 heteroatoms. The average Bonchev–Trinajstić information content (AvgIpc) is 2.64. The maximum absolute atomic E-state index is 13.0. The van der Waals surface area contributed by atoms with Crippen molar-refractivity contribution >= 4 is 17.6 Å². The van der Waals surface area contributed by atoms with Gasteiger partial charge in [0.15, 0.2) is 11.6 Å². The van der Waals surface area contributed by atoms with E-state index in [1.54, 1.807) is 18.3 Å². The summed E-state index contributed by atoms with van der Waals surface area (Å²) in [6.45, 7) is 3.84. The molecule has 130 valence electrons. The molecular weight excluding hydrogens is 318 g/mol. The van der Waals surface area contributed by atoms with Crippen LogP contribution in [0.2, 0.25) is 0 Å². The van der Waals surface area contributed by atoms with Crippen LogP contribution in [-0.2, 0) is 9.59 Å². The van der Waals surface area contributed by atoms with Crippen LogP contribution in [0.4, 0.5) is 5.82 Å². The molecule has 1 N–H and O–H groups in total. The topological polar surface area (TPSA) is 71.5 Å². The van der Waals surface area contributed by atoms with Gasteiger partial charge in [-0.25, -0.2) is 4.98 Å². The molecule has 0 bridgehead atoms. The fourth-order valence-corrected chi connectivity index (χ4v) is 2.66. The summed E-state index contributed by atoms with van der Waals surface area (Å²) in [6, 6.07) is 12.8. The van der Waals surface area contributed by atoms with Crippen molar-refractivity contribution < 1.29 is 14.3 Å². The Labute approximate surface area is 146 Å². The number of hydrogen-bond donors (Lipinski definition) is 1. The molecule has 0 aliphatic carbocycles. The van der Waals surface area contributed by atoms with Crippen molar-refractivity contribution in [2.45, 2.75) is 32.4 Å². The Hall–Kier alpha value is -2.89. The number of carbonyl (C=O) groups excluding carboxylic acids is 2. The number of ether oxygens (including phenoxy) is 1. The van der Waals surface area contributed by atoms with Gasteiger partial charge in [-0.1, -0.05) is 37.3 Å². The number of anilines is 1. The van der Waals surface area contributed by atoms with Gasteiger partial charge in [0.05, 0.1) is 0 Å². The van der Waals surface area contributed by atoms with Crippen molar-refractivity contribution in [2.75, 3.05) is 11.4 Å². The smallest absolute Gasteiger partial charge is 0.274 e. The second kappa shape index (κ2) is 7.34. The summed E-state index contributed by atoms with van der Waals surface area (Å²) in [5.41, 5.74) is 0.745. The predicted molar refractivity (Wildman–Crippen MR) is 94.3 cm³/mol. The number of benzene rings is 1. The fourth-order valence-electron chi connectivity index (χ4n) is 2.66. The van der Waals surface area contributed by atoms with Gasteiger partial charge in [0, 0.05) is 17.8 Å². The molecule has 2 aromatic rings. The Morgan fingerprint density at radius 1 is 1.28 bits per heavy atom. The number of hydrogen-bond acceptors (Lipinski definition) is 4. The predicted octanol–water partition coefficient (Wildman–Crippen LogP) is 2.46. The minimum atomic E-state index is -0.783. The van der Waals surface area contributed by atoms with E-state index in [2.05, 4.69) is 10.3 Å². The van der Waals surface area contributed by atoms with E-state index in [9.17, 15) is 9.59 Å². The number of nitrogens with one attached hydrogen (secondary N) is 1. The summed E-state index contributed by atoms with van der Waals surface area (Å²) < 4.78 is 5.86. The molecule has 2 amide bonds. The van der Waals surface area contributed by atoms with Gasteiger partial charge in [-0.15, -0.1) is 0 Å². The van der Waals surface area contributed by atoms with Crippen LogP contribution in [-0.4, -0.2) is 29.4 Å². The van der Waals surface area contributed by atoms with Crippen molar-refractivity contribution in [3.63, 3.8) is 0 Å². The highest BCUT2D eigenvalue weighted by Gasteiger charge is 2.37. The summed E-state index contributed by atoms with van der Waals surface area (Å²) in [6.07, 6.45) is 1.62. The van der Waals surface area contributed by atoms with Crippen molar-refractivity contribution in [1.29, 1.82) is 0 Å². The molecule has 2 unspecified atom stereocenters. The molecule has 0 saturated carbocycles. The lowest BCUT2D eigenvalue weighted by molar-refractivity contribution is -0.129. The van der Waals surface area contributed by atoms with Crippen LogP contribution in [0.15, 0.2) is 48.7 Å². The fraction of sp³-hybridized carbons (Fsp3) is 0.316. The lowest BCUT2D eigenvalue weighted by Gasteiger charge is -2.33. The standard InChI is InChI=1S/C19H21N3O3/c1-3-13(2)21-16(23)12-22-18-15(10-7-11-20-18)25-17(19(22)24)14-8-5-4-6-9-14/h4-11,13,17H,3,12H2,1-2H3,(H,21,23). The van der Waals surface area contributed by atoms with E-state index in [0.29, 0.717) is 11.6 Å². The van der Waals surface area contributed by atoms with Crippen molar-refractivity contribution in [3.05, 3.63) is 54.2 Å². The van der Waals surface area contributed by atoms with Crippen LogP contribution < -0.4 is 15.0 Å². The normalized spacial score (nSPS) is 17.4. The first-order valence-corrected chi connectivity index (χ1v) is 8.37. The van der Waals surface area contributed by atoms with Gasteiger partial charge in [0.25, 0.3) is 5.91 Å². The quantitative estimate of drug-likeness (QED) is 0.908. The van der Waals surface area contributed by atoms with E-state index in [0.717, 1.165) is 12.0 Å². The van der Waals surface area contributed by atoms with Crippen LogP contribution in [0.25, 0.3) is 0 Å². The van der Waals surface area contributed by atoms with E-state index in [-0.39, 0.29) is 24.4 Å². The Morgan fingerprint density at radius 2 is 2.04 bits per heavy atom. The SMILES string of the molecule is CCC(C)NC(=O)CN1C(=O)C(c2ccccc2)Oc2cccnc21. The van der Waals surface area contributed by atoms with Crippen LogP contribution in [0.1, 0.15) is 31.9 Å². The summed E-state index contributed by atoms with van der Waals surface area (Å²) in [5, 5.41) is 2.88. The number of fused-ring (bicyclic) bond motifs is 1. The van der Waals surface area contributed by atoms with Crippen molar-refractivity contribution in [1.82, 2.24) is 10.3 Å². The molecule has 3 rings (SSSR count). The second-order valence-electron chi connectivity index (χ2n) is 6.03. The first-order chi connectivity index (χ1) is 12.1. The summed E-state index contributed by atoms with van der Waals surface area (Å²) in [7, 11) is 0. The van der Waals surface area contributed by atoms with Crippen LogP contribution in [0.3, 0.4) is 0 Å². The highest BCUT2D eigenvalue weighted by molar-refractivity contribution is 6.03. The van der Waals surface area contributed by atoms with Gasteiger partial charge in [-0.05, 0) is 25.5 Å². The van der Waals surface area contributed by atoms with Gasteiger partial charge < -0.3 is 10.1 Å². The molecule has 2 atom stereocenters. The minimum Gasteiger partial charge on any atom is -0.472 e. The van der Waals surface area contributed by atoms with Crippen LogP contribution in [0, 0.1) is 0 Å². The first-order valence-electron chi connectivity index (χ1n) is 8.37. The van der Waals surface area contributed by atoms with Gasteiger partial charge in [0.2, 0.25) is 12.0 Å². The molecular formula is C19H21N3O3. The van der Waals surface area contributed by atoms with Crippen molar-refractivity contribution in [2.24, 2.45) is 0 Å². The Bertz CT molecular complexity index is 764. The monoisotopic (exact) mass is 339 g/mol. The lowest BCUT2D eigenvalue weighted by atomic mass is 10.1. The largest absolute Gasteiger partial charge is 0.472 e. The highest BCUT2D eigenvalue weighted by Crippen LogP contribution is 2.36. The molecule has 0 spiro atoms.